The zero-order chi connectivity index (χ0) is 21.8. The summed E-state index contributed by atoms with van der Waals surface area (Å²) in [5.74, 6) is 6.85. The first-order valence-electron chi connectivity index (χ1n) is 10.3. The standard InChI is InChI=1S/C25H32N2O2S/c1-5-27(15-8-6-7-13-25(2,3)4)16-14-26-24(28)19-29-23-11-9-10-21(18-23)22-12-17-30-20-22/h6,8-12,17-18,20H,5,14-16,19H2,1-4H3,(H,26,28). The van der Waals surface area contributed by atoms with Gasteiger partial charge in [0.05, 0.1) is 0 Å². The molecule has 0 spiro atoms. The van der Waals surface area contributed by atoms with Crippen molar-refractivity contribution in [3.8, 4) is 28.7 Å². The van der Waals surface area contributed by atoms with Crippen molar-refractivity contribution >= 4 is 17.2 Å². The van der Waals surface area contributed by atoms with Gasteiger partial charge in [0.25, 0.3) is 5.91 Å². The van der Waals surface area contributed by atoms with E-state index in [1.54, 1.807) is 11.3 Å². The molecule has 0 aliphatic heterocycles. The number of hydrogen-bond acceptors (Lipinski definition) is 4. The molecule has 1 aromatic carbocycles. The predicted octanol–water partition coefficient (Wildman–Crippen LogP) is 4.84. The van der Waals surface area contributed by atoms with Crippen LogP contribution in [0.3, 0.4) is 0 Å². The van der Waals surface area contributed by atoms with Gasteiger partial charge in [0.1, 0.15) is 5.75 Å². The molecule has 30 heavy (non-hydrogen) atoms. The Hall–Kier alpha value is -2.55. The predicted molar refractivity (Wildman–Crippen MR) is 127 cm³/mol. The second-order valence-electron chi connectivity index (χ2n) is 7.99. The molecule has 1 heterocycles. The molecule has 1 amide bonds. The normalized spacial score (nSPS) is 11.4. The summed E-state index contributed by atoms with van der Waals surface area (Å²) in [5.41, 5.74) is 2.27. The van der Waals surface area contributed by atoms with Crippen LogP contribution in [0, 0.1) is 17.3 Å². The van der Waals surface area contributed by atoms with Crippen molar-refractivity contribution in [1.29, 1.82) is 0 Å². The molecule has 1 N–H and O–H groups in total. The van der Waals surface area contributed by atoms with Gasteiger partial charge in [0.15, 0.2) is 6.61 Å². The molecular formula is C25H32N2O2S. The maximum absolute atomic E-state index is 12.1. The van der Waals surface area contributed by atoms with Crippen molar-refractivity contribution in [3.63, 3.8) is 0 Å². The molecule has 160 valence electrons. The van der Waals surface area contributed by atoms with Crippen LogP contribution >= 0.6 is 11.3 Å². The van der Waals surface area contributed by atoms with Crippen LogP contribution < -0.4 is 10.1 Å². The Balaban J connectivity index is 1.69. The van der Waals surface area contributed by atoms with Crippen molar-refractivity contribution in [2.24, 2.45) is 5.41 Å². The third-order valence-electron chi connectivity index (χ3n) is 4.27. The quantitative estimate of drug-likeness (QED) is 0.555. The Bertz CT molecular complexity index is 871. The van der Waals surface area contributed by atoms with Crippen LogP contribution in [-0.4, -0.2) is 43.6 Å². The molecule has 0 unspecified atom stereocenters. The van der Waals surface area contributed by atoms with E-state index in [9.17, 15) is 4.79 Å². The Morgan fingerprint density at radius 3 is 2.80 bits per heavy atom. The Morgan fingerprint density at radius 2 is 2.10 bits per heavy atom. The highest BCUT2D eigenvalue weighted by Gasteiger charge is 2.06. The van der Waals surface area contributed by atoms with E-state index in [1.807, 2.05) is 35.7 Å². The molecule has 0 saturated heterocycles. The lowest BCUT2D eigenvalue weighted by Gasteiger charge is -2.18. The molecule has 0 aliphatic rings. The summed E-state index contributed by atoms with van der Waals surface area (Å²) in [7, 11) is 0. The zero-order valence-corrected chi connectivity index (χ0v) is 19.2. The van der Waals surface area contributed by atoms with Crippen molar-refractivity contribution in [1.82, 2.24) is 10.2 Å². The van der Waals surface area contributed by atoms with E-state index in [1.165, 1.54) is 0 Å². The summed E-state index contributed by atoms with van der Waals surface area (Å²) in [6.45, 7) is 11.5. The smallest absolute Gasteiger partial charge is 0.257 e. The van der Waals surface area contributed by atoms with Gasteiger partial charge in [0, 0.05) is 25.0 Å². The first-order chi connectivity index (χ1) is 14.4. The van der Waals surface area contributed by atoms with Crippen molar-refractivity contribution < 1.29 is 9.53 Å². The Kier molecular flexibility index (Phi) is 9.66. The molecule has 2 rings (SSSR count). The SMILES string of the molecule is CCN(CC=CC#CC(C)(C)C)CCNC(=O)COc1cccc(-c2ccsc2)c1. The molecule has 0 fully saturated rings. The molecule has 0 radical (unpaired) electrons. The number of allylic oxidation sites excluding steroid dienone is 1. The molecule has 5 heteroatoms. The minimum absolute atomic E-state index is 0.0154. The number of nitrogens with one attached hydrogen (secondary N) is 1. The minimum Gasteiger partial charge on any atom is -0.484 e. The number of carbonyl (C=O) groups excluding carboxylic acids is 1. The van der Waals surface area contributed by atoms with Crippen LogP contribution in [0.4, 0.5) is 0 Å². The Labute approximate surface area is 184 Å². The maximum Gasteiger partial charge on any atom is 0.257 e. The highest BCUT2D eigenvalue weighted by Crippen LogP contribution is 2.25. The number of likely N-dealkylation sites (N-methyl/N-ethyl adjacent to an activating group) is 1. The fourth-order valence-electron chi connectivity index (χ4n) is 2.64. The van der Waals surface area contributed by atoms with E-state index in [2.05, 4.69) is 67.3 Å². The van der Waals surface area contributed by atoms with Gasteiger partial charge in [-0.3, -0.25) is 9.69 Å². The first-order valence-corrected chi connectivity index (χ1v) is 11.2. The molecule has 0 saturated carbocycles. The van der Waals surface area contributed by atoms with E-state index >= 15 is 0 Å². The molecule has 1 aromatic heterocycles. The molecule has 0 atom stereocenters. The number of amides is 1. The van der Waals surface area contributed by atoms with E-state index in [0.29, 0.717) is 12.3 Å². The van der Waals surface area contributed by atoms with Crippen LogP contribution in [0.5, 0.6) is 5.75 Å². The summed E-state index contributed by atoms with van der Waals surface area (Å²) in [4.78, 5) is 14.4. The highest BCUT2D eigenvalue weighted by atomic mass is 32.1. The Morgan fingerprint density at radius 1 is 1.27 bits per heavy atom. The van der Waals surface area contributed by atoms with Gasteiger partial charge in [-0.15, -0.1) is 0 Å². The van der Waals surface area contributed by atoms with Gasteiger partial charge >= 0.3 is 0 Å². The third-order valence-corrected chi connectivity index (χ3v) is 4.95. The summed E-state index contributed by atoms with van der Waals surface area (Å²) in [6, 6.07) is 9.89. The first kappa shape index (κ1) is 23.7. The molecular weight excluding hydrogens is 392 g/mol. The van der Waals surface area contributed by atoms with E-state index in [0.717, 1.165) is 30.8 Å². The largest absolute Gasteiger partial charge is 0.484 e. The van der Waals surface area contributed by atoms with Crippen molar-refractivity contribution in [2.45, 2.75) is 27.7 Å². The lowest BCUT2D eigenvalue weighted by atomic mass is 9.98. The maximum atomic E-state index is 12.1. The number of ether oxygens (including phenoxy) is 1. The second-order valence-corrected chi connectivity index (χ2v) is 8.77. The average molecular weight is 425 g/mol. The van der Waals surface area contributed by atoms with Crippen LogP contribution in [0.1, 0.15) is 27.7 Å². The minimum atomic E-state index is -0.112. The number of carbonyl (C=O) groups is 1. The number of rotatable bonds is 10. The zero-order valence-electron chi connectivity index (χ0n) is 18.4. The number of benzene rings is 1. The lowest BCUT2D eigenvalue weighted by molar-refractivity contribution is -0.123. The van der Waals surface area contributed by atoms with E-state index < -0.39 is 0 Å². The van der Waals surface area contributed by atoms with Crippen LogP contribution in [0.25, 0.3) is 11.1 Å². The second kappa shape index (κ2) is 12.2. The van der Waals surface area contributed by atoms with Gasteiger partial charge < -0.3 is 10.1 Å². The average Bonchev–Trinajstić information content (AvgIpc) is 3.25. The molecule has 0 bridgehead atoms. The van der Waals surface area contributed by atoms with Gasteiger partial charge in [0.2, 0.25) is 0 Å². The van der Waals surface area contributed by atoms with Gasteiger partial charge in [-0.1, -0.05) is 37.0 Å². The number of hydrogen-bond donors (Lipinski definition) is 1. The lowest BCUT2D eigenvalue weighted by Crippen LogP contribution is -2.37. The van der Waals surface area contributed by atoms with Crippen molar-refractivity contribution in [3.05, 3.63) is 53.2 Å². The van der Waals surface area contributed by atoms with Gasteiger partial charge in [-0.2, -0.15) is 11.3 Å². The van der Waals surface area contributed by atoms with Crippen molar-refractivity contribution in [2.75, 3.05) is 32.8 Å². The van der Waals surface area contributed by atoms with Gasteiger partial charge in [-0.25, -0.2) is 0 Å². The molecule has 2 aromatic rings. The van der Waals surface area contributed by atoms with Gasteiger partial charge in [-0.05, 0) is 73.5 Å². The summed E-state index contributed by atoms with van der Waals surface area (Å²) < 4.78 is 5.66. The topological polar surface area (TPSA) is 41.6 Å². The number of nitrogens with zero attached hydrogens (tertiary/aromatic N) is 1. The highest BCUT2D eigenvalue weighted by molar-refractivity contribution is 7.08. The fraction of sp³-hybridized carbons (Fsp3) is 0.400. The monoisotopic (exact) mass is 424 g/mol. The third kappa shape index (κ3) is 9.30. The van der Waals surface area contributed by atoms with E-state index in [4.69, 9.17) is 4.74 Å². The molecule has 0 aliphatic carbocycles. The summed E-state index contributed by atoms with van der Waals surface area (Å²) in [5, 5.41) is 7.07. The fourth-order valence-corrected chi connectivity index (χ4v) is 3.31. The van der Waals surface area contributed by atoms with Crippen LogP contribution in [-0.2, 0) is 4.79 Å². The summed E-state index contributed by atoms with van der Waals surface area (Å²) in [6.07, 6.45) is 3.97. The molecule has 4 nitrogen and oxygen atoms in total. The van der Waals surface area contributed by atoms with Crippen LogP contribution in [0.2, 0.25) is 0 Å². The van der Waals surface area contributed by atoms with E-state index in [-0.39, 0.29) is 17.9 Å². The van der Waals surface area contributed by atoms with Crippen LogP contribution in [0.15, 0.2) is 53.2 Å². The summed E-state index contributed by atoms with van der Waals surface area (Å²) >= 11 is 1.66. The number of thiophene rings is 1.